The van der Waals surface area contributed by atoms with Gasteiger partial charge >= 0.3 is 0 Å². The second kappa shape index (κ2) is 9.15. The molecule has 0 aromatic heterocycles. The Kier molecular flexibility index (Phi) is 6.82. The van der Waals surface area contributed by atoms with Crippen LogP contribution in [0, 0.1) is 0 Å². The number of carbonyl (C=O) groups excluding carboxylic acids is 1. The van der Waals surface area contributed by atoms with Crippen LogP contribution in [0.1, 0.15) is 30.6 Å². The van der Waals surface area contributed by atoms with Crippen LogP contribution in [0.25, 0.3) is 0 Å². The largest absolute Gasteiger partial charge is 0.380 e. The second-order valence-corrected chi connectivity index (χ2v) is 9.32. The molecule has 29 heavy (non-hydrogen) atoms. The lowest BCUT2D eigenvalue weighted by molar-refractivity contribution is 0.0791. The smallest absolute Gasteiger partial charge is 0.255 e. The number of carbonyl (C=O) groups is 1. The van der Waals surface area contributed by atoms with Crippen molar-refractivity contribution in [2.24, 2.45) is 0 Å². The lowest BCUT2D eigenvalue weighted by atomic mass is 10.2. The summed E-state index contributed by atoms with van der Waals surface area (Å²) in [6, 6.07) is 14.3. The van der Waals surface area contributed by atoms with Crippen molar-refractivity contribution in [2.45, 2.75) is 31.2 Å². The molecule has 1 aliphatic rings. The van der Waals surface area contributed by atoms with Gasteiger partial charge in [-0.15, -0.1) is 0 Å². The molecule has 0 bridgehead atoms. The first kappa shape index (κ1) is 21.6. The van der Waals surface area contributed by atoms with Crippen LogP contribution in [0.5, 0.6) is 0 Å². The van der Waals surface area contributed by atoms with Gasteiger partial charge in [-0.05, 0) is 36.8 Å². The zero-order valence-electron chi connectivity index (χ0n) is 16.6. The van der Waals surface area contributed by atoms with E-state index in [4.69, 9.17) is 11.6 Å². The first-order valence-electron chi connectivity index (χ1n) is 9.77. The Balaban J connectivity index is 1.77. The van der Waals surface area contributed by atoms with Gasteiger partial charge in [-0.25, -0.2) is 8.42 Å². The molecule has 0 saturated carbocycles. The molecule has 2 aromatic rings. The van der Waals surface area contributed by atoms with Crippen molar-refractivity contribution in [3.05, 3.63) is 59.1 Å². The number of amides is 1. The molecule has 1 amide bonds. The van der Waals surface area contributed by atoms with Crippen LogP contribution in [0.2, 0.25) is 5.02 Å². The maximum absolute atomic E-state index is 13.1. The molecule has 156 valence electrons. The highest BCUT2D eigenvalue weighted by Crippen LogP contribution is 2.26. The fourth-order valence-electron chi connectivity index (χ4n) is 3.54. The average molecular weight is 436 g/mol. The summed E-state index contributed by atoms with van der Waals surface area (Å²) in [4.78, 5) is 14.9. The molecule has 2 aromatic carbocycles. The predicted octanol–water partition coefficient (Wildman–Crippen LogP) is 3.70. The number of sulfonamides is 1. The summed E-state index contributed by atoms with van der Waals surface area (Å²) in [6.45, 7) is 5.43. The van der Waals surface area contributed by atoms with Crippen molar-refractivity contribution in [1.82, 2.24) is 9.21 Å². The summed E-state index contributed by atoms with van der Waals surface area (Å²) in [7, 11) is -3.66. The van der Waals surface area contributed by atoms with Crippen LogP contribution < -0.4 is 5.32 Å². The summed E-state index contributed by atoms with van der Waals surface area (Å²) in [5.74, 6) is -0.246. The van der Waals surface area contributed by atoms with E-state index in [1.54, 1.807) is 18.7 Å². The van der Waals surface area contributed by atoms with E-state index >= 15 is 0 Å². The van der Waals surface area contributed by atoms with Crippen LogP contribution in [0.3, 0.4) is 0 Å². The SMILES string of the molecule is CCN(CC)S(=O)(=O)c1ccc(Cl)c(C(=O)N2CCC(Nc3ccccc3)C2)c1. The summed E-state index contributed by atoms with van der Waals surface area (Å²) < 4.78 is 27.0. The fourth-order valence-corrected chi connectivity index (χ4v) is 5.23. The number of rotatable bonds is 7. The topological polar surface area (TPSA) is 69.7 Å². The minimum absolute atomic E-state index is 0.0899. The van der Waals surface area contributed by atoms with E-state index in [1.807, 2.05) is 30.3 Å². The van der Waals surface area contributed by atoms with E-state index in [0.29, 0.717) is 26.2 Å². The van der Waals surface area contributed by atoms with Gasteiger partial charge in [0.25, 0.3) is 5.91 Å². The van der Waals surface area contributed by atoms with Crippen LogP contribution in [-0.2, 0) is 10.0 Å². The molecule has 1 saturated heterocycles. The molecule has 6 nitrogen and oxygen atoms in total. The molecule has 1 fully saturated rings. The molecule has 1 N–H and O–H groups in total. The molecule has 0 radical (unpaired) electrons. The first-order chi connectivity index (χ1) is 13.9. The van der Waals surface area contributed by atoms with Crippen molar-refractivity contribution < 1.29 is 13.2 Å². The lowest BCUT2D eigenvalue weighted by Gasteiger charge is -2.21. The highest BCUT2D eigenvalue weighted by atomic mass is 35.5. The highest BCUT2D eigenvalue weighted by Gasteiger charge is 2.30. The van der Waals surface area contributed by atoms with Crippen LogP contribution in [-0.4, -0.2) is 55.8 Å². The highest BCUT2D eigenvalue weighted by molar-refractivity contribution is 7.89. The monoisotopic (exact) mass is 435 g/mol. The van der Waals surface area contributed by atoms with Crippen molar-refractivity contribution in [1.29, 1.82) is 0 Å². The maximum atomic E-state index is 13.1. The Hall–Kier alpha value is -2.09. The van der Waals surface area contributed by atoms with Gasteiger partial charge in [-0.1, -0.05) is 43.6 Å². The Labute approximate surface area is 177 Å². The number of benzene rings is 2. The molecule has 3 rings (SSSR count). The molecular weight excluding hydrogens is 410 g/mol. The van der Waals surface area contributed by atoms with E-state index < -0.39 is 10.0 Å². The molecule has 1 aliphatic heterocycles. The maximum Gasteiger partial charge on any atom is 0.255 e. The van der Waals surface area contributed by atoms with Crippen LogP contribution in [0.15, 0.2) is 53.4 Å². The number of likely N-dealkylation sites (tertiary alicyclic amines) is 1. The third-order valence-corrected chi connectivity index (χ3v) is 7.51. The predicted molar refractivity (Wildman–Crippen MR) is 116 cm³/mol. The minimum atomic E-state index is -3.66. The zero-order valence-corrected chi connectivity index (χ0v) is 18.2. The normalized spacial score (nSPS) is 17.0. The van der Waals surface area contributed by atoms with Gasteiger partial charge in [-0.3, -0.25) is 4.79 Å². The summed E-state index contributed by atoms with van der Waals surface area (Å²) >= 11 is 6.26. The van der Waals surface area contributed by atoms with Gasteiger partial charge in [0.1, 0.15) is 0 Å². The summed E-state index contributed by atoms with van der Waals surface area (Å²) in [5.41, 5.74) is 1.23. The average Bonchev–Trinajstić information content (AvgIpc) is 3.17. The Morgan fingerprint density at radius 2 is 1.86 bits per heavy atom. The van der Waals surface area contributed by atoms with E-state index in [0.717, 1.165) is 12.1 Å². The fraction of sp³-hybridized carbons (Fsp3) is 0.381. The number of para-hydroxylation sites is 1. The summed E-state index contributed by atoms with van der Waals surface area (Å²) in [6.07, 6.45) is 0.815. The van der Waals surface area contributed by atoms with E-state index in [1.165, 1.54) is 22.5 Å². The van der Waals surface area contributed by atoms with Gasteiger partial charge in [0.05, 0.1) is 15.5 Å². The number of hydrogen-bond donors (Lipinski definition) is 1. The van der Waals surface area contributed by atoms with Crippen LogP contribution in [0.4, 0.5) is 5.69 Å². The molecule has 0 spiro atoms. The number of nitrogens with zero attached hydrogens (tertiary/aromatic N) is 2. The Morgan fingerprint density at radius 1 is 1.17 bits per heavy atom. The van der Waals surface area contributed by atoms with Crippen molar-refractivity contribution in [3.8, 4) is 0 Å². The number of anilines is 1. The van der Waals surface area contributed by atoms with Crippen molar-refractivity contribution in [2.75, 3.05) is 31.5 Å². The van der Waals surface area contributed by atoms with Crippen molar-refractivity contribution >= 4 is 33.2 Å². The second-order valence-electron chi connectivity index (χ2n) is 6.98. The number of nitrogens with one attached hydrogen (secondary N) is 1. The van der Waals surface area contributed by atoms with Gasteiger partial charge in [0.2, 0.25) is 10.0 Å². The molecule has 1 heterocycles. The standard InChI is InChI=1S/C21H26ClN3O3S/c1-3-25(4-2)29(27,28)18-10-11-20(22)19(14-18)21(26)24-13-12-17(15-24)23-16-8-6-5-7-9-16/h5-11,14,17,23H,3-4,12-13,15H2,1-2H3. The third-order valence-electron chi connectivity index (χ3n) is 5.13. The van der Waals surface area contributed by atoms with Gasteiger partial charge in [0.15, 0.2) is 0 Å². The molecule has 8 heteroatoms. The minimum Gasteiger partial charge on any atom is -0.380 e. The lowest BCUT2D eigenvalue weighted by Crippen LogP contribution is -2.33. The Morgan fingerprint density at radius 3 is 2.52 bits per heavy atom. The van der Waals surface area contributed by atoms with Gasteiger partial charge in [0, 0.05) is 37.9 Å². The third kappa shape index (κ3) is 4.74. The van der Waals surface area contributed by atoms with E-state index in [-0.39, 0.29) is 27.4 Å². The number of halogens is 1. The molecule has 1 unspecified atom stereocenters. The summed E-state index contributed by atoms with van der Waals surface area (Å²) in [5, 5.41) is 3.69. The molecule has 1 atom stereocenters. The zero-order chi connectivity index (χ0) is 21.0. The molecule has 0 aliphatic carbocycles. The van der Waals surface area contributed by atoms with Crippen LogP contribution >= 0.6 is 11.6 Å². The number of hydrogen-bond acceptors (Lipinski definition) is 4. The first-order valence-corrected chi connectivity index (χ1v) is 11.6. The van der Waals surface area contributed by atoms with E-state index in [9.17, 15) is 13.2 Å². The van der Waals surface area contributed by atoms with Gasteiger partial charge < -0.3 is 10.2 Å². The van der Waals surface area contributed by atoms with E-state index in [2.05, 4.69) is 5.32 Å². The van der Waals surface area contributed by atoms with Gasteiger partial charge in [-0.2, -0.15) is 4.31 Å². The van der Waals surface area contributed by atoms with Crippen molar-refractivity contribution in [3.63, 3.8) is 0 Å². The Bertz CT molecular complexity index is 962. The molecular formula is C21H26ClN3O3S. The quantitative estimate of drug-likeness (QED) is 0.719.